The molecule has 0 saturated carbocycles. The third-order valence-corrected chi connectivity index (χ3v) is 3.35. The lowest BCUT2D eigenvalue weighted by atomic mass is 10.1. The van der Waals surface area contributed by atoms with Crippen molar-refractivity contribution in [2.75, 3.05) is 12.8 Å². The summed E-state index contributed by atoms with van der Waals surface area (Å²) in [5, 5.41) is 0. The van der Waals surface area contributed by atoms with Crippen LogP contribution in [0.15, 0.2) is 36.9 Å². The van der Waals surface area contributed by atoms with Crippen molar-refractivity contribution in [1.82, 2.24) is 19.5 Å². The van der Waals surface area contributed by atoms with E-state index in [-0.39, 0.29) is 12.4 Å². The molecule has 7 nitrogen and oxygen atoms in total. The van der Waals surface area contributed by atoms with Crippen LogP contribution in [0.25, 0.3) is 11.2 Å². The van der Waals surface area contributed by atoms with Crippen LogP contribution in [0.3, 0.4) is 0 Å². The number of aromatic nitrogens is 4. The van der Waals surface area contributed by atoms with E-state index in [1.54, 1.807) is 6.33 Å². The van der Waals surface area contributed by atoms with E-state index >= 15 is 0 Å². The molecule has 0 fully saturated rings. The van der Waals surface area contributed by atoms with Gasteiger partial charge in [0.15, 0.2) is 11.5 Å². The summed E-state index contributed by atoms with van der Waals surface area (Å²) in [6.45, 7) is 0.585. The van der Waals surface area contributed by atoms with E-state index in [4.69, 9.17) is 5.73 Å². The first-order chi connectivity index (χ1) is 10.7. The second kappa shape index (κ2) is 5.80. The van der Waals surface area contributed by atoms with Crippen LogP contribution in [0.1, 0.15) is 11.1 Å². The van der Waals surface area contributed by atoms with Crippen LogP contribution >= 0.6 is 0 Å². The highest BCUT2D eigenvalue weighted by atomic mass is 16.5. The van der Waals surface area contributed by atoms with Gasteiger partial charge in [-0.05, 0) is 11.1 Å². The van der Waals surface area contributed by atoms with Crippen molar-refractivity contribution < 1.29 is 9.53 Å². The molecule has 112 valence electrons. The number of fused-ring (bicyclic) bond motifs is 1. The van der Waals surface area contributed by atoms with E-state index in [0.29, 0.717) is 23.5 Å². The SMILES string of the molecule is COC(=O)Cc1cccc(Cn2cnc3c(N)ncnc32)c1. The molecular formula is C15H15N5O2. The Morgan fingerprint density at radius 3 is 2.91 bits per heavy atom. The van der Waals surface area contributed by atoms with Crippen LogP contribution in [0.2, 0.25) is 0 Å². The van der Waals surface area contributed by atoms with E-state index < -0.39 is 0 Å². The first-order valence-electron chi connectivity index (χ1n) is 6.73. The Labute approximate surface area is 126 Å². The van der Waals surface area contributed by atoms with Gasteiger partial charge < -0.3 is 15.0 Å². The summed E-state index contributed by atoms with van der Waals surface area (Å²) in [4.78, 5) is 23.7. The molecule has 7 heteroatoms. The fourth-order valence-corrected chi connectivity index (χ4v) is 2.29. The van der Waals surface area contributed by atoms with Crippen molar-refractivity contribution in [1.29, 1.82) is 0 Å². The molecule has 0 aliphatic heterocycles. The predicted molar refractivity (Wildman–Crippen MR) is 81.0 cm³/mol. The van der Waals surface area contributed by atoms with Crippen molar-refractivity contribution in [3.8, 4) is 0 Å². The van der Waals surface area contributed by atoms with Crippen LogP contribution in [-0.4, -0.2) is 32.6 Å². The molecule has 3 rings (SSSR count). The normalized spacial score (nSPS) is 10.8. The summed E-state index contributed by atoms with van der Waals surface area (Å²) in [6, 6.07) is 7.76. The Kier molecular flexibility index (Phi) is 3.69. The minimum atomic E-state index is -0.259. The Morgan fingerprint density at radius 1 is 1.27 bits per heavy atom. The quantitative estimate of drug-likeness (QED) is 0.726. The van der Waals surface area contributed by atoms with E-state index in [9.17, 15) is 4.79 Å². The number of carbonyl (C=O) groups is 1. The first-order valence-corrected chi connectivity index (χ1v) is 6.73. The molecule has 2 heterocycles. The molecule has 0 amide bonds. The third-order valence-electron chi connectivity index (χ3n) is 3.35. The lowest BCUT2D eigenvalue weighted by molar-refractivity contribution is -0.139. The summed E-state index contributed by atoms with van der Waals surface area (Å²) < 4.78 is 6.58. The lowest BCUT2D eigenvalue weighted by Crippen LogP contribution is -2.05. The number of nitrogens with zero attached hydrogens (tertiary/aromatic N) is 4. The van der Waals surface area contributed by atoms with Crippen LogP contribution in [0.4, 0.5) is 5.82 Å². The molecule has 3 aromatic rings. The zero-order chi connectivity index (χ0) is 15.5. The number of nitrogen functional groups attached to an aromatic ring is 1. The van der Waals surface area contributed by atoms with Gasteiger partial charge in [-0.1, -0.05) is 24.3 Å². The molecule has 22 heavy (non-hydrogen) atoms. The highest BCUT2D eigenvalue weighted by molar-refractivity contribution is 5.81. The predicted octanol–water partition coefficient (Wildman–Crippen LogP) is 1.17. The molecule has 0 saturated heterocycles. The molecule has 1 aromatic carbocycles. The number of carbonyl (C=O) groups excluding carboxylic acids is 1. The molecule has 0 unspecified atom stereocenters. The second-order valence-corrected chi connectivity index (χ2v) is 4.88. The minimum Gasteiger partial charge on any atom is -0.469 e. The van der Waals surface area contributed by atoms with Gasteiger partial charge in [0.05, 0.1) is 26.4 Å². The lowest BCUT2D eigenvalue weighted by Gasteiger charge is -2.06. The van der Waals surface area contributed by atoms with Crippen molar-refractivity contribution in [2.24, 2.45) is 0 Å². The van der Waals surface area contributed by atoms with Gasteiger partial charge in [-0.25, -0.2) is 15.0 Å². The number of methoxy groups -OCH3 is 1. The number of benzene rings is 1. The molecule has 0 aliphatic carbocycles. The van der Waals surface area contributed by atoms with Gasteiger partial charge in [0.1, 0.15) is 11.8 Å². The second-order valence-electron chi connectivity index (χ2n) is 4.88. The minimum absolute atomic E-state index is 0.254. The third kappa shape index (κ3) is 2.73. The fraction of sp³-hybridized carbons (Fsp3) is 0.200. The Balaban J connectivity index is 1.87. The maximum Gasteiger partial charge on any atom is 0.309 e. The molecule has 0 radical (unpaired) electrons. The van der Waals surface area contributed by atoms with Gasteiger partial charge in [0.25, 0.3) is 0 Å². The Hall–Kier alpha value is -2.96. The van der Waals surface area contributed by atoms with E-state index in [2.05, 4.69) is 19.7 Å². The van der Waals surface area contributed by atoms with Crippen molar-refractivity contribution in [3.05, 3.63) is 48.0 Å². The number of imidazole rings is 1. The van der Waals surface area contributed by atoms with Crippen molar-refractivity contribution in [2.45, 2.75) is 13.0 Å². The summed E-state index contributed by atoms with van der Waals surface area (Å²) >= 11 is 0. The monoisotopic (exact) mass is 297 g/mol. The van der Waals surface area contributed by atoms with E-state index in [1.165, 1.54) is 13.4 Å². The number of anilines is 1. The number of ether oxygens (including phenoxy) is 1. The van der Waals surface area contributed by atoms with Crippen LogP contribution in [-0.2, 0) is 22.5 Å². The molecule has 0 spiro atoms. The number of rotatable bonds is 4. The van der Waals surface area contributed by atoms with Crippen LogP contribution in [0.5, 0.6) is 0 Å². The summed E-state index contributed by atoms with van der Waals surface area (Å²) in [5.74, 6) is 0.105. The van der Waals surface area contributed by atoms with Crippen LogP contribution < -0.4 is 5.73 Å². The van der Waals surface area contributed by atoms with Gasteiger partial charge in [-0.3, -0.25) is 4.79 Å². The summed E-state index contributed by atoms with van der Waals surface area (Å²) in [7, 11) is 1.38. The standard InChI is InChI=1S/C15H15N5O2/c1-22-12(21)6-10-3-2-4-11(5-10)7-20-9-19-13-14(16)17-8-18-15(13)20/h2-5,8-9H,6-7H2,1H3,(H2,16,17,18). The van der Waals surface area contributed by atoms with Gasteiger partial charge in [0, 0.05) is 0 Å². The zero-order valence-corrected chi connectivity index (χ0v) is 12.1. The zero-order valence-electron chi connectivity index (χ0n) is 12.1. The van der Waals surface area contributed by atoms with Crippen LogP contribution in [0, 0.1) is 0 Å². The molecule has 2 aromatic heterocycles. The average molecular weight is 297 g/mol. The number of hydrogen-bond acceptors (Lipinski definition) is 6. The molecule has 0 atom stereocenters. The first kappa shape index (κ1) is 14.0. The maximum atomic E-state index is 11.4. The maximum absolute atomic E-state index is 11.4. The molecule has 2 N–H and O–H groups in total. The van der Waals surface area contributed by atoms with Gasteiger partial charge in [-0.2, -0.15) is 0 Å². The van der Waals surface area contributed by atoms with Gasteiger partial charge in [0.2, 0.25) is 0 Å². The van der Waals surface area contributed by atoms with Gasteiger partial charge in [-0.15, -0.1) is 0 Å². The van der Waals surface area contributed by atoms with Crippen molar-refractivity contribution in [3.63, 3.8) is 0 Å². The number of hydrogen-bond donors (Lipinski definition) is 1. The molecular weight excluding hydrogens is 282 g/mol. The summed E-state index contributed by atoms with van der Waals surface area (Å²) in [5.41, 5.74) is 9.00. The Bertz CT molecular complexity index is 828. The Morgan fingerprint density at radius 2 is 2.09 bits per heavy atom. The largest absolute Gasteiger partial charge is 0.469 e. The smallest absolute Gasteiger partial charge is 0.309 e. The fourth-order valence-electron chi connectivity index (χ4n) is 2.29. The van der Waals surface area contributed by atoms with Crippen molar-refractivity contribution >= 4 is 23.0 Å². The topological polar surface area (TPSA) is 95.9 Å². The summed E-state index contributed by atoms with van der Waals surface area (Å²) in [6.07, 6.45) is 3.36. The highest BCUT2D eigenvalue weighted by Crippen LogP contribution is 2.16. The highest BCUT2D eigenvalue weighted by Gasteiger charge is 2.09. The van der Waals surface area contributed by atoms with Gasteiger partial charge >= 0.3 is 5.97 Å². The van der Waals surface area contributed by atoms with E-state index in [1.807, 2.05) is 28.8 Å². The molecule has 0 aliphatic rings. The number of nitrogens with two attached hydrogens (primary N) is 1. The number of esters is 1. The van der Waals surface area contributed by atoms with E-state index in [0.717, 1.165) is 11.1 Å². The average Bonchev–Trinajstić information content (AvgIpc) is 2.92. The molecule has 0 bridgehead atoms.